The van der Waals surface area contributed by atoms with Crippen molar-refractivity contribution in [2.75, 3.05) is 32.1 Å². The third-order valence-electron chi connectivity index (χ3n) is 12.4. The highest BCUT2D eigenvalue weighted by molar-refractivity contribution is 6.23. The molecule has 0 spiro atoms. The zero-order valence-electron chi connectivity index (χ0n) is 38.1. The lowest BCUT2D eigenvalue weighted by atomic mass is 9.91. The number of amides is 7. The van der Waals surface area contributed by atoms with Gasteiger partial charge in [-0.25, -0.2) is 0 Å². The number of nitrogens with zero attached hydrogens (tertiary/aromatic N) is 3. The average molecular weight is 919 g/mol. The Morgan fingerprint density at radius 3 is 2.12 bits per heavy atom. The number of carboxylic acid groups (broad SMARTS) is 1. The zero-order valence-corrected chi connectivity index (χ0v) is 38.1. The fraction of sp³-hybridized carbons (Fsp3) is 0.388. The Kier molecular flexibility index (Phi) is 15.6. The van der Waals surface area contributed by atoms with E-state index in [1.165, 1.54) is 4.90 Å². The van der Waals surface area contributed by atoms with Gasteiger partial charge in [-0.3, -0.25) is 43.3 Å². The SMILES string of the molecule is Cc1cc(O)cc(C)c1C[C@H](N)C(=O)N1Cc2ccccc2C[C@H]1C(=O)N[C@@H](CCC(=O)O)C(=O)NCCCCCC(=O)N[C@@H](CN1C(=O)c2cc3ccc(N(C)C)cc3cc2C1=O)C(N)=O. The molecule has 18 heteroatoms. The van der Waals surface area contributed by atoms with Gasteiger partial charge in [0.05, 0.1) is 23.7 Å². The number of nitrogens with one attached hydrogen (secondary N) is 3. The molecule has 0 aromatic heterocycles. The molecule has 6 rings (SSSR count). The van der Waals surface area contributed by atoms with E-state index in [1.807, 2.05) is 75.3 Å². The summed E-state index contributed by atoms with van der Waals surface area (Å²) in [5.41, 5.74) is 17.4. The summed E-state index contributed by atoms with van der Waals surface area (Å²) < 4.78 is 0. The molecule has 0 unspecified atom stereocenters. The van der Waals surface area contributed by atoms with Gasteiger partial charge in [-0.05, 0) is 115 Å². The molecule has 0 radical (unpaired) electrons. The number of carboxylic acids is 1. The zero-order chi connectivity index (χ0) is 48.7. The summed E-state index contributed by atoms with van der Waals surface area (Å²) in [5, 5.41) is 29.0. The van der Waals surface area contributed by atoms with E-state index >= 15 is 0 Å². The van der Waals surface area contributed by atoms with Crippen LogP contribution in [0.15, 0.2) is 66.7 Å². The summed E-state index contributed by atoms with van der Waals surface area (Å²) in [6.45, 7) is 3.39. The third kappa shape index (κ3) is 11.7. The Morgan fingerprint density at radius 1 is 0.821 bits per heavy atom. The molecule has 0 bridgehead atoms. The van der Waals surface area contributed by atoms with Crippen LogP contribution >= 0.6 is 0 Å². The Bertz CT molecular complexity index is 2590. The first-order valence-electron chi connectivity index (χ1n) is 22.2. The lowest BCUT2D eigenvalue weighted by molar-refractivity contribution is -0.143. The number of nitrogens with two attached hydrogens (primary N) is 2. The predicted molar refractivity (Wildman–Crippen MR) is 249 cm³/mol. The van der Waals surface area contributed by atoms with Crippen LogP contribution < -0.4 is 32.3 Å². The van der Waals surface area contributed by atoms with Crippen LogP contribution in [-0.4, -0.2) is 119 Å². The van der Waals surface area contributed by atoms with Crippen molar-refractivity contribution in [2.45, 2.75) is 95.9 Å². The lowest BCUT2D eigenvalue weighted by Gasteiger charge is -2.38. The predicted octanol–water partition coefficient (Wildman–Crippen LogP) is 2.34. The van der Waals surface area contributed by atoms with Gasteiger partial charge in [0.1, 0.15) is 23.9 Å². The maximum Gasteiger partial charge on any atom is 0.303 e. The van der Waals surface area contributed by atoms with E-state index in [9.17, 15) is 48.6 Å². The minimum absolute atomic E-state index is 0.0334. The number of primary amides is 1. The van der Waals surface area contributed by atoms with Gasteiger partial charge in [0, 0.05) is 52.1 Å². The smallest absolute Gasteiger partial charge is 0.303 e. The standard InChI is InChI=1S/C49H58N8O10/c1-27-18-34(58)19-28(2)35(27)24-38(50)49(67)56-25-31-11-8-7-10-29(31)23-41(56)46(64)54-39(15-16-43(60)61)45(63)52-17-9-5-6-12-42(59)53-40(44(51)62)26-57-47(65)36-21-30-13-14-33(55(3)4)20-32(30)22-37(36)48(57)66/h7-8,10-11,13-14,18-22,38-41,58H,5-6,9,12,15-17,23-26,50H2,1-4H3,(H2,51,62)(H,52,63)(H,53,59)(H,54,64)(H,60,61)/t38-,39-,40-,41-/m0/s1. The van der Waals surface area contributed by atoms with Crippen molar-refractivity contribution in [2.24, 2.45) is 11.5 Å². The number of benzene rings is 4. The van der Waals surface area contributed by atoms with Crippen LogP contribution in [0.4, 0.5) is 5.69 Å². The minimum Gasteiger partial charge on any atom is -0.508 e. The van der Waals surface area contributed by atoms with Crippen molar-refractivity contribution in [3.05, 3.63) is 106 Å². The van der Waals surface area contributed by atoms with Crippen molar-refractivity contribution in [3.63, 3.8) is 0 Å². The number of aliphatic carboxylic acids is 1. The van der Waals surface area contributed by atoms with Gasteiger partial charge in [-0.1, -0.05) is 36.8 Å². The number of fused-ring (bicyclic) bond motifs is 3. The monoisotopic (exact) mass is 918 g/mol. The molecule has 4 atom stereocenters. The Hall–Kier alpha value is -7.34. The van der Waals surface area contributed by atoms with Gasteiger partial charge in [0.15, 0.2) is 0 Å². The van der Waals surface area contributed by atoms with E-state index in [-0.39, 0.29) is 55.6 Å². The first-order valence-corrected chi connectivity index (χ1v) is 22.2. The molecule has 7 amide bonds. The number of phenols is 1. The van der Waals surface area contributed by atoms with Gasteiger partial charge < -0.3 is 47.4 Å². The molecule has 2 aliphatic heterocycles. The van der Waals surface area contributed by atoms with Crippen molar-refractivity contribution < 1.29 is 48.6 Å². The molecule has 9 N–H and O–H groups in total. The van der Waals surface area contributed by atoms with Gasteiger partial charge >= 0.3 is 5.97 Å². The van der Waals surface area contributed by atoms with E-state index in [4.69, 9.17) is 11.5 Å². The number of imide groups is 1. The molecule has 0 saturated heterocycles. The number of anilines is 1. The third-order valence-corrected chi connectivity index (χ3v) is 12.4. The number of phenolic OH excluding ortho intramolecular Hbond substituents is 1. The quantitative estimate of drug-likeness (QED) is 0.0497. The van der Waals surface area contributed by atoms with Crippen LogP contribution in [0.25, 0.3) is 10.8 Å². The molecule has 2 heterocycles. The molecule has 4 aromatic rings. The topological polar surface area (TPSA) is 275 Å². The summed E-state index contributed by atoms with van der Waals surface area (Å²) >= 11 is 0. The maximum atomic E-state index is 14.1. The van der Waals surface area contributed by atoms with Crippen LogP contribution in [0.5, 0.6) is 5.75 Å². The van der Waals surface area contributed by atoms with Crippen molar-refractivity contribution >= 4 is 63.8 Å². The normalized spacial score (nSPS) is 15.6. The fourth-order valence-corrected chi connectivity index (χ4v) is 8.65. The summed E-state index contributed by atoms with van der Waals surface area (Å²) in [5.74, 6) is -5.50. The van der Waals surface area contributed by atoms with Crippen LogP contribution in [0, 0.1) is 13.8 Å². The molecule has 18 nitrogen and oxygen atoms in total. The second-order valence-corrected chi connectivity index (χ2v) is 17.5. The summed E-state index contributed by atoms with van der Waals surface area (Å²) in [6.07, 6.45) is 0.795. The first-order chi connectivity index (χ1) is 31.8. The Morgan fingerprint density at radius 2 is 1.48 bits per heavy atom. The average Bonchev–Trinajstić information content (AvgIpc) is 3.51. The number of unbranched alkanes of at least 4 members (excludes halogenated alkanes) is 2. The van der Waals surface area contributed by atoms with E-state index in [0.717, 1.165) is 49.2 Å². The Balaban J connectivity index is 1.00. The Labute approximate surface area is 388 Å². The number of aromatic hydroxyl groups is 1. The molecule has 0 saturated carbocycles. The van der Waals surface area contributed by atoms with E-state index in [1.54, 1.807) is 24.3 Å². The minimum atomic E-state index is -1.34. The molecular weight excluding hydrogens is 861 g/mol. The van der Waals surface area contributed by atoms with Gasteiger partial charge in [0.2, 0.25) is 29.5 Å². The largest absolute Gasteiger partial charge is 0.508 e. The second-order valence-electron chi connectivity index (χ2n) is 17.5. The number of rotatable bonds is 20. The number of hydrogen-bond donors (Lipinski definition) is 7. The van der Waals surface area contributed by atoms with E-state index < -0.39 is 84.5 Å². The molecule has 0 aliphatic carbocycles. The molecule has 67 heavy (non-hydrogen) atoms. The maximum absolute atomic E-state index is 14.1. The van der Waals surface area contributed by atoms with Crippen LogP contribution in [0.3, 0.4) is 0 Å². The fourth-order valence-electron chi connectivity index (χ4n) is 8.65. The van der Waals surface area contributed by atoms with Crippen LogP contribution in [0.2, 0.25) is 0 Å². The number of carbonyl (C=O) groups is 8. The van der Waals surface area contributed by atoms with Crippen molar-refractivity contribution in [1.82, 2.24) is 25.8 Å². The summed E-state index contributed by atoms with van der Waals surface area (Å²) in [7, 11) is 3.77. The number of hydrogen-bond acceptors (Lipinski definition) is 11. The number of aryl methyl sites for hydroxylation is 2. The highest BCUT2D eigenvalue weighted by Crippen LogP contribution is 2.31. The van der Waals surface area contributed by atoms with Gasteiger partial charge in [0.25, 0.3) is 11.8 Å². The van der Waals surface area contributed by atoms with Crippen LogP contribution in [-0.2, 0) is 48.2 Å². The van der Waals surface area contributed by atoms with E-state index in [0.29, 0.717) is 19.3 Å². The van der Waals surface area contributed by atoms with Crippen molar-refractivity contribution in [1.29, 1.82) is 0 Å². The summed E-state index contributed by atoms with van der Waals surface area (Å²) in [4.78, 5) is 109. The highest BCUT2D eigenvalue weighted by Gasteiger charge is 2.40. The molecule has 354 valence electrons. The highest BCUT2D eigenvalue weighted by atomic mass is 16.4. The lowest BCUT2D eigenvalue weighted by Crippen LogP contribution is -2.59. The van der Waals surface area contributed by atoms with Crippen LogP contribution in [0.1, 0.15) is 87.1 Å². The van der Waals surface area contributed by atoms with Crippen molar-refractivity contribution in [3.8, 4) is 5.75 Å². The second kappa shape index (κ2) is 21.3. The van der Waals surface area contributed by atoms with Gasteiger partial charge in [-0.15, -0.1) is 0 Å². The van der Waals surface area contributed by atoms with E-state index in [2.05, 4.69) is 16.0 Å². The number of carbonyl (C=O) groups excluding carboxylic acids is 7. The van der Waals surface area contributed by atoms with Gasteiger partial charge in [-0.2, -0.15) is 0 Å². The molecular formula is C49H58N8O10. The molecule has 0 fully saturated rings. The molecule has 4 aromatic carbocycles. The first kappa shape index (κ1) is 49.1. The summed E-state index contributed by atoms with van der Waals surface area (Å²) in [6, 6.07) is 14.8. The molecule has 2 aliphatic rings.